The van der Waals surface area contributed by atoms with Gasteiger partial charge < -0.3 is 10.6 Å². The van der Waals surface area contributed by atoms with Crippen LogP contribution in [-0.4, -0.2) is 24.5 Å². The maximum absolute atomic E-state index is 11.5. The van der Waals surface area contributed by atoms with Crippen molar-refractivity contribution in [1.82, 2.24) is 10.6 Å². The van der Waals surface area contributed by atoms with Crippen LogP contribution in [-0.2, 0) is 4.79 Å². The Morgan fingerprint density at radius 1 is 1.21 bits per heavy atom. The second-order valence-corrected chi connectivity index (χ2v) is 4.97. The number of hydrogen-bond acceptors (Lipinski definition) is 3. The Hall–Kier alpha value is -1.46. The fourth-order valence-electron chi connectivity index (χ4n) is 1.26. The van der Waals surface area contributed by atoms with Crippen molar-refractivity contribution in [2.24, 2.45) is 0 Å². The average Bonchev–Trinajstić information content (AvgIpc) is 2.29. The molecule has 1 aromatic rings. The van der Waals surface area contributed by atoms with Gasteiger partial charge in [0.1, 0.15) is 0 Å². The Bertz CT molecular complexity index is 478. The molecule has 0 saturated carbocycles. The summed E-state index contributed by atoms with van der Waals surface area (Å²) in [5, 5.41) is 8.42. The number of imide groups is 1. The normalized spacial score (nSPS) is 10.2. The molecule has 0 radical (unpaired) electrons. The topological polar surface area (TPSA) is 70.2 Å². The summed E-state index contributed by atoms with van der Waals surface area (Å²) < 4.78 is 0. The van der Waals surface area contributed by atoms with Gasteiger partial charge in [0.25, 0.3) is 0 Å². The molecule has 0 aromatic heterocycles. The predicted molar refractivity (Wildman–Crippen MR) is 76.8 cm³/mol. The molecule has 0 spiro atoms. The summed E-state index contributed by atoms with van der Waals surface area (Å²) in [5.41, 5.74) is 0.647. The third-order valence-corrected chi connectivity index (χ3v) is 2.78. The van der Waals surface area contributed by atoms with E-state index in [1.807, 2.05) is 0 Å². The van der Waals surface area contributed by atoms with Crippen LogP contribution in [0.15, 0.2) is 18.2 Å². The molecule has 0 aliphatic rings. The van der Waals surface area contributed by atoms with E-state index < -0.39 is 11.9 Å². The molecule has 5 nitrogen and oxygen atoms in total. The Morgan fingerprint density at radius 3 is 2.47 bits per heavy atom. The van der Waals surface area contributed by atoms with E-state index in [-0.39, 0.29) is 12.6 Å². The first-order chi connectivity index (χ1) is 8.88. The van der Waals surface area contributed by atoms with Crippen LogP contribution in [0.25, 0.3) is 0 Å². The van der Waals surface area contributed by atoms with Crippen LogP contribution in [0.3, 0.4) is 0 Å². The summed E-state index contributed by atoms with van der Waals surface area (Å²) >= 11 is 11.6. The zero-order chi connectivity index (χ0) is 14.4. The molecule has 19 heavy (non-hydrogen) atoms. The lowest BCUT2D eigenvalue weighted by atomic mass is 10.3. The standard InChI is InChI=1S/C12H15Cl2N3O2/c1-7(2)16-12(19)17-11(18)6-15-8-3-4-9(13)10(14)5-8/h3-5,7,15H,6H2,1-2H3,(H2,16,17,18,19). The summed E-state index contributed by atoms with van der Waals surface area (Å²) in [5.74, 6) is -0.441. The minimum atomic E-state index is -0.518. The smallest absolute Gasteiger partial charge is 0.321 e. The van der Waals surface area contributed by atoms with E-state index in [0.717, 1.165) is 0 Å². The molecule has 0 bridgehead atoms. The Kier molecular flexibility index (Phi) is 5.92. The van der Waals surface area contributed by atoms with Crippen LogP contribution in [0.1, 0.15) is 13.8 Å². The molecule has 3 N–H and O–H groups in total. The number of halogens is 2. The zero-order valence-electron chi connectivity index (χ0n) is 10.6. The average molecular weight is 304 g/mol. The van der Waals surface area contributed by atoms with Crippen molar-refractivity contribution in [3.8, 4) is 0 Å². The molecule has 0 aliphatic heterocycles. The summed E-state index contributed by atoms with van der Waals surface area (Å²) in [6, 6.07) is 4.36. The third kappa shape index (κ3) is 5.81. The van der Waals surface area contributed by atoms with Gasteiger partial charge in [0.05, 0.1) is 16.6 Å². The molecule has 0 aliphatic carbocycles. The van der Waals surface area contributed by atoms with Crippen molar-refractivity contribution < 1.29 is 9.59 Å². The first-order valence-electron chi connectivity index (χ1n) is 5.67. The van der Waals surface area contributed by atoms with E-state index in [1.165, 1.54) is 0 Å². The second kappa shape index (κ2) is 7.21. The fourth-order valence-corrected chi connectivity index (χ4v) is 1.56. The third-order valence-electron chi connectivity index (χ3n) is 2.05. The van der Waals surface area contributed by atoms with Gasteiger partial charge in [-0.2, -0.15) is 0 Å². The Labute approximate surface area is 121 Å². The molecule has 0 saturated heterocycles. The zero-order valence-corrected chi connectivity index (χ0v) is 12.1. The quantitative estimate of drug-likeness (QED) is 0.801. The highest BCUT2D eigenvalue weighted by atomic mass is 35.5. The van der Waals surface area contributed by atoms with Crippen molar-refractivity contribution in [1.29, 1.82) is 0 Å². The summed E-state index contributed by atoms with van der Waals surface area (Å²) in [6.07, 6.45) is 0. The van der Waals surface area contributed by atoms with E-state index in [0.29, 0.717) is 15.7 Å². The van der Waals surface area contributed by atoms with Crippen LogP contribution >= 0.6 is 23.2 Å². The maximum atomic E-state index is 11.5. The number of benzene rings is 1. The van der Waals surface area contributed by atoms with E-state index in [2.05, 4.69) is 16.0 Å². The van der Waals surface area contributed by atoms with E-state index >= 15 is 0 Å². The fraction of sp³-hybridized carbons (Fsp3) is 0.333. The Morgan fingerprint density at radius 2 is 1.89 bits per heavy atom. The van der Waals surface area contributed by atoms with Gasteiger partial charge in [0.2, 0.25) is 5.91 Å². The number of carbonyl (C=O) groups is 2. The van der Waals surface area contributed by atoms with Crippen LogP contribution in [0.2, 0.25) is 10.0 Å². The molecule has 0 unspecified atom stereocenters. The molecular formula is C12H15Cl2N3O2. The van der Waals surface area contributed by atoms with Crippen molar-refractivity contribution >= 4 is 40.8 Å². The highest BCUT2D eigenvalue weighted by Gasteiger charge is 2.08. The van der Waals surface area contributed by atoms with Crippen molar-refractivity contribution in [2.75, 3.05) is 11.9 Å². The molecule has 3 amide bonds. The van der Waals surface area contributed by atoms with Gasteiger partial charge in [-0.3, -0.25) is 10.1 Å². The van der Waals surface area contributed by atoms with Gasteiger partial charge in [0.15, 0.2) is 0 Å². The highest BCUT2D eigenvalue weighted by Crippen LogP contribution is 2.24. The number of nitrogens with one attached hydrogen (secondary N) is 3. The van der Waals surface area contributed by atoms with E-state index in [1.54, 1.807) is 32.0 Å². The molecule has 0 atom stereocenters. The number of urea groups is 1. The minimum Gasteiger partial charge on any atom is -0.376 e. The minimum absolute atomic E-state index is 0.0316. The van der Waals surface area contributed by atoms with Gasteiger partial charge >= 0.3 is 6.03 Å². The summed E-state index contributed by atoms with van der Waals surface area (Å²) in [6.45, 7) is 3.57. The molecule has 0 heterocycles. The summed E-state index contributed by atoms with van der Waals surface area (Å²) in [4.78, 5) is 22.7. The largest absolute Gasteiger partial charge is 0.376 e. The first kappa shape index (κ1) is 15.6. The second-order valence-electron chi connectivity index (χ2n) is 4.16. The van der Waals surface area contributed by atoms with Crippen LogP contribution in [0, 0.1) is 0 Å². The maximum Gasteiger partial charge on any atom is 0.321 e. The van der Waals surface area contributed by atoms with Crippen LogP contribution < -0.4 is 16.0 Å². The lowest BCUT2D eigenvalue weighted by molar-refractivity contribution is -0.118. The number of amides is 3. The van der Waals surface area contributed by atoms with Crippen molar-refractivity contribution in [3.05, 3.63) is 28.2 Å². The number of anilines is 1. The van der Waals surface area contributed by atoms with E-state index in [4.69, 9.17) is 23.2 Å². The molecule has 0 fully saturated rings. The van der Waals surface area contributed by atoms with E-state index in [9.17, 15) is 9.59 Å². The summed E-state index contributed by atoms with van der Waals surface area (Å²) in [7, 11) is 0. The molecule has 1 aromatic carbocycles. The van der Waals surface area contributed by atoms with Crippen molar-refractivity contribution in [2.45, 2.75) is 19.9 Å². The van der Waals surface area contributed by atoms with Crippen LogP contribution in [0.4, 0.5) is 10.5 Å². The molecule has 104 valence electrons. The van der Waals surface area contributed by atoms with Gasteiger partial charge in [-0.15, -0.1) is 0 Å². The van der Waals surface area contributed by atoms with Crippen LogP contribution in [0.5, 0.6) is 0 Å². The van der Waals surface area contributed by atoms with Gasteiger partial charge in [-0.25, -0.2) is 4.79 Å². The Balaban J connectivity index is 2.41. The monoisotopic (exact) mass is 303 g/mol. The van der Waals surface area contributed by atoms with Gasteiger partial charge in [-0.05, 0) is 32.0 Å². The number of rotatable bonds is 4. The molecule has 1 rings (SSSR count). The number of carbonyl (C=O) groups excluding carboxylic acids is 2. The predicted octanol–water partition coefficient (Wildman–Crippen LogP) is 2.64. The first-order valence-corrected chi connectivity index (χ1v) is 6.43. The van der Waals surface area contributed by atoms with Crippen molar-refractivity contribution in [3.63, 3.8) is 0 Å². The lowest BCUT2D eigenvalue weighted by Crippen LogP contribution is -2.44. The lowest BCUT2D eigenvalue weighted by Gasteiger charge is -2.10. The molecular weight excluding hydrogens is 289 g/mol. The highest BCUT2D eigenvalue weighted by molar-refractivity contribution is 6.42. The number of hydrogen-bond donors (Lipinski definition) is 3. The molecule has 7 heteroatoms. The van der Waals surface area contributed by atoms with Gasteiger partial charge in [0, 0.05) is 11.7 Å². The van der Waals surface area contributed by atoms with Gasteiger partial charge in [-0.1, -0.05) is 23.2 Å². The SMILES string of the molecule is CC(C)NC(=O)NC(=O)CNc1ccc(Cl)c(Cl)c1.